The number of hydrogen-bond acceptors (Lipinski definition) is 7. The number of fused-ring (bicyclic) bond motifs is 1. The van der Waals surface area contributed by atoms with Gasteiger partial charge >= 0.3 is 0 Å². The number of rotatable bonds is 4. The van der Waals surface area contributed by atoms with Crippen LogP contribution in [0.2, 0.25) is 0 Å². The summed E-state index contributed by atoms with van der Waals surface area (Å²) in [6.45, 7) is 0. The second-order valence-corrected chi connectivity index (χ2v) is 4.82. The van der Waals surface area contributed by atoms with E-state index in [0.29, 0.717) is 22.4 Å². The third-order valence-electron chi connectivity index (χ3n) is 3.18. The molecule has 8 heteroatoms. The highest BCUT2D eigenvalue weighted by Gasteiger charge is 2.13. The second kappa shape index (κ2) is 6.10. The highest BCUT2D eigenvalue weighted by molar-refractivity contribution is 6.45. The number of para-hydroxylation sites is 2. The Balaban J connectivity index is 1.97. The Morgan fingerprint density at radius 2 is 2.12 bits per heavy atom. The van der Waals surface area contributed by atoms with Crippen LogP contribution in [0.3, 0.4) is 0 Å². The SMILES string of the molecule is N#C/C(=N\Nc1ccc(O)c(-c2nc3ccccc3o2)c1)C(=N)N. The van der Waals surface area contributed by atoms with Gasteiger partial charge in [0.15, 0.2) is 11.4 Å². The fourth-order valence-corrected chi connectivity index (χ4v) is 2.03. The van der Waals surface area contributed by atoms with Crippen molar-refractivity contribution in [1.29, 1.82) is 10.7 Å². The maximum Gasteiger partial charge on any atom is 0.231 e. The smallest absolute Gasteiger partial charge is 0.231 e. The maximum atomic E-state index is 10.1. The minimum absolute atomic E-state index is 0.0110. The molecular formula is C16H12N6O2. The summed E-state index contributed by atoms with van der Waals surface area (Å²) in [5.74, 6) is -0.195. The number of hydrogen-bond donors (Lipinski definition) is 4. The van der Waals surface area contributed by atoms with E-state index in [9.17, 15) is 5.11 Å². The maximum absolute atomic E-state index is 10.1. The molecule has 0 radical (unpaired) electrons. The first-order valence-electron chi connectivity index (χ1n) is 6.85. The molecule has 0 fully saturated rings. The van der Waals surface area contributed by atoms with Crippen LogP contribution in [0.25, 0.3) is 22.6 Å². The van der Waals surface area contributed by atoms with Crippen molar-refractivity contribution in [2.24, 2.45) is 10.8 Å². The monoisotopic (exact) mass is 320 g/mol. The van der Waals surface area contributed by atoms with Gasteiger partial charge in [0.05, 0.1) is 11.3 Å². The van der Waals surface area contributed by atoms with Crippen molar-refractivity contribution >= 4 is 28.3 Å². The van der Waals surface area contributed by atoms with Gasteiger partial charge in [-0.2, -0.15) is 10.4 Å². The largest absolute Gasteiger partial charge is 0.507 e. The van der Waals surface area contributed by atoms with E-state index in [-0.39, 0.29) is 17.4 Å². The molecule has 3 aromatic rings. The van der Waals surface area contributed by atoms with Gasteiger partial charge in [0, 0.05) is 0 Å². The zero-order valence-corrected chi connectivity index (χ0v) is 12.3. The summed E-state index contributed by atoms with van der Waals surface area (Å²) in [6.07, 6.45) is 0. The Bertz CT molecular complexity index is 966. The van der Waals surface area contributed by atoms with Crippen molar-refractivity contribution in [3.05, 3.63) is 42.5 Å². The van der Waals surface area contributed by atoms with E-state index < -0.39 is 5.84 Å². The zero-order valence-electron chi connectivity index (χ0n) is 12.3. The lowest BCUT2D eigenvalue weighted by Gasteiger charge is -2.05. The molecule has 8 nitrogen and oxygen atoms in total. The first-order valence-corrected chi connectivity index (χ1v) is 6.85. The number of amidine groups is 1. The molecule has 0 bridgehead atoms. The quantitative estimate of drug-likeness (QED) is 0.251. The standard InChI is InChI=1S/C16H12N6O2/c17-8-12(15(18)19)22-21-9-5-6-13(23)10(7-9)16-20-11-3-1-2-4-14(11)24-16/h1-7,21,23H,(H3,18,19)/b22-12+. The molecule has 0 atom stereocenters. The molecule has 2 aromatic carbocycles. The highest BCUT2D eigenvalue weighted by Crippen LogP contribution is 2.33. The molecule has 3 rings (SSSR count). The van der Waals surface area contributed by atoms with E-state index >= 15 is 0 Å². The number of nitrogens with zero attached hydrogens (tertiary/aromatic N) is 3. The average molecular weight is 320 g/mol. The Morgan fingerprint density at radius 1 is 1.33 bits per heavy atom. The van der Waals surface area contributed by atoms with Crippen LogP contribution in [0, 0.1) is 16.7 Å². The minimum atomic E-state index is -0.442. The predicted molar refractivity (Wildman–Crippen MR) is 89.7 cm³/mol. The van der Waals surface area contributed by atoms with Crippen molar-refractivity contribution in [3.8, 4) is 23.3 Å². The van der Waals surface area contributed by atoms with Gasteiger partial charge in [0.2, 0.25) is 11.6 Å². The molecule has 1 aromatic heterocycles. The van der Waals surface area contributed by atoms with Crippen molar-refractivity contribution < 1.29 is 9.52 Å². The number of oxazole rings is 1. The molecule has 0 saturated carbocycles. The lowest BCUT2D eigenvalue weighted by atomic mass is 10.2. The van der Waals surface area contributed by atoms with Gasteiger partial charge in [-0.25, -0.2) is 4.98 Å². The summed E-state index contributed by atoms with van der Waals surface area (Å²) < 4.78 is 5.63. The van der Waals surface area contributed by atoms with Gasteiger partial charge in [-0.15, -0.1) is 0 Å². The number of phenolic OH excluding ortho intramolecular Hbond substituents is 1. The van der Waals surface area contributed by atoms with E-state index in [1.165, 1.54) is 6.07 Å². The number of hydrazone groups is 1. The van der Waals surface area contributed by atoms with E-state index in [2.05, 4.69) is 15.5 Å². The first kappa shape index (κ1) is 15.1. The number of anilines is 1. The minimum Gasteiger partial charge on any atom is -0.507 e. The van der Waals surface area contributed by atoms with Crippen LogP contribution in [0.1, 0.15) is 0 Å². The van der Waals surface area contributed by atoms with Crippen LogP contribution in [0.15, 0.2) is 52.0 Å². The van der Waals surface area contributed by atoms with Gasteiger partial charge in [-0.05, 0) is 30.3 Å². The molecule has 0 saturated heterocycles. The number of nitriles is 1. The third-order valence-corrected chi connectivity index (χ3v) is 3.18. The predicted octanol–water partition coefficient (Wildman–Crippen LogP) is 2.43. The van der Waals surface area contributed by atoms with Gasteiger partial charge < -0.3 is 15.3 Å². The lowest BCUT2D eigenvalue weighted by Crippen LogP contribution is -2.21. The van der Waals surface area contributed by atoms with E-state index in [1.807, 2.05) is 12.1 Å². The summed E-state index contributed by atoms with van der Waals surface area (Å²) in [4.78, 5) is 4.33. The van der Waals surface area contributed by atoms with Crippen LogP contribution in [-0.4, -0.2) is 21.6 Å². The Morgan fingerprint density at radius 3 is 2.83 bits per heavy atom. The molecule has 0 unspecified atom stereocenters. The van der Waals surface area contributed by atoms with Crippen LogP contribution in [0.4, 0.5) is 5.69 Å². The van der Waals surface area contributed by atoms with Gasteiger partial charge in [0.25, 0.3) is 0 Å². The second-order valence-electron chi connectivity index (χ2n) is 4.82. The Kier molecular flexibility index (Phi) is 3.82. The number of aromatic hydroxyl groups is 1. The normalized spacial score (nSPS) is 11.2. The van der Waals surface area contributed by atoms with Gasteiger partial charge in [-0.3, -0.25) is 10.8 Å². The van der Waals surface area contributed by atoms with Crippen molar-refractivity contribution in [3.63, 3.8) is 0 Å². The van der Waals surface area contributed by atoms with Crippen LogP contribution in [-0.2, 0) is 0 Å². The van der Waals surface area contributed by atoms with Crippen LogP contribution >= 0.6 is 0 Å². The molecule has 5 N–H and O–H groups in total. The molecule has 24 heavy (non-hydrogen) atoms. The molecule has 0 amide bonds. The molecular weight excluding hydrogens is 308 g/mol. The molecule has 0 aliphatic heterocycles. The number of nitrogens with one attached hydrogen (secondary N) is 2. The number of nitrogens with two attached hydrogens (primary N) is 1. The van der Waals surface area contributed by atoms with Crippen molar-refractivity contribution in [1.82, 2.24) is 4.98 Å². The first-order chi connectivity index (χ1) is 11.6. The van der Waals surface area contributed by atoms with E-state index in [0.717, 1.165) is 0 Å². The van der Waals surface area contributed by atoms with Crippen molar-refractivity contribution in [2.45, 2.75) is 0 Å². The molecule has 0 aliphatic carbocycles. The summed E-state index contributed by atoms with van der Waals surface area (Å²) >= 11 is 0. The summed E-state index contributed by atoms with van der Waals surface area (Å²) in [6, 6.07) is 13.5. The van der Waals surface area contributed by atoms with Crippen LogP contribution in [0.5, 0.6) is 5.75 Å². The number of aromatic nitrogens is 1. The average Bonchev–Trinajstić information content (AvgIpc) is 3.00. The lowest BCUT2D eigenvalue weighted by molar-refractivity contribution is 0.474. The Labute approximate surface area is 136 Å². The van der Waals surface area contributed by atoms with Crippen molar-refractivity contribution in [2.75, 3.05) is 5.43 Å². The molecule has 0 aliphatic rings. The third kappa shape index (κ3) is 2.86. The molecule has 1 heterocycles. The zero-order chi connectivity index (χ0) is 17.1. The molecule has 0 spiro atoms. The highest BCUT2D eigenvalue weighted by atomic mass is 16.3. The van der Waals surface area contributed by atoms with Gasteiger partial charge in [0.1, 0.15) is 17.3 Å². The number of benzene rings is 2. The Hall–Kier alpha value is -3.86. The fourth-order valence-electron chi connectivity index (χ4n) is 2.03. The van der Waals surface area contributed by atoms with E-state index in [1.54, 1.807) is 30.3 Å². The molecule has 118 valence electrons. The summed E-state index contributed by atoms with van der Waals surface area (Å²) in [5, 5.41) is 29.8. The van der Waals surface area contributed by atoms with Gasteiger partial charge in [-0.1, -0.05) is 12.1 Å². The summed E-state index contributed by atoms with van der Waals surface area (Å²) in [7, 11) is 0. The number of phenols is 1. The summed E-state index contributed by atoms with van der Waals surface area (Å²) in [5.41, 5.74) is 9.71. The topological polar surface area (TPSA) is 144 Å². The van der Waals surface area contributed by atoms with Crippen LogP contribution < -0.4 is 11.2 Å². The van der Waals surface area contributed by atoms with E-state index in [4.69, 9.17) is 20.8 Å². The fraction of sp³-hybridized carbons (Fsp3) is 0.